The molecular formula is C17H21N5O2. The largest absolute Gasteiger partial charge is 0.369 e. The van der Waals surface area contributed by atoms with Crippen LogP contribution in [0.4, 0.5) is 0 Å². The van der Waals surface area contributed by atoms with Crippen molar-refractivity contribution in [3.8, 4) is 5.69 Å². The van der Waals surface area contributed by atoms with Gasteiger partial charge in [-0.05, 0) is 38.8 Å². The number of benzene rings is 1. The number of carbonyl (C=O) groups excluding carboxylic acids is 2. The van der Waals surface area contributed by atoms with Crippen LogP contribution in [0.1, 0.15) is 35.9 Å². The molecule has 2 aromatic rings. The molecule has 0 radical (unpaired) electrons. The normalized spacial score (nSPS) is 20.8. The third-order valence-electron chi connectivity index (χ3n) is 4.64. The van der Waals surface area contributed by atoms with Gasteiger partial charge in [0.1, 0.15) is 0 Å². The highest BCUT2D eigenvalue weighted by atomic mass is 16.2. The van der Waals surface area contributed by atoms with Crippen molar-refractivity contribution in [1.29, 1.82) is 0 Å². The van der Waals surface area contributed by atoms with Crippen LogP contribution in [0.2, 0.25) is 0 Å². The van der Waals surface area contributed by atoms with E-state index in [1.807, 2.05) is 44.2 Å². The second kappa shape index (κ2) is 6.43. The third kappa shape index (κ3) is 2.89. The summed E-state index contributed by atoms with van der Waals surface area (Å²) in [6.07, 6.45) is 1.47. The van der Waals surface area contributed by atoms with E-state index in [4.69, 9.17) is 5.73 Å². The van der Waals surface area contributed by atoms with E-state index < -0.39 is 0 Å². The summed E-state index contributed by atoms with van der Waals surface area (Å²) in [4.78, 5) is 26.1. The van der Waals surface area contributed by atoms with Crippen LogP contribution in [0.15, 0.2) is 30.3 Å². The highest BCUT2D eigenvalue weighted by Gasteiger charge is 2.34. The van der Waals surface area contributed by atoms with Crippen molar-refractivity contribution in [2.75, 3.05) is 6.54 Å². The molecule has 3 rings (SSSR count). The topological polar surface area (TPSA) is 94.1 Å². The molecule has 24 heavy (non-hydrogen) atoms. The van der Waals surface area contributed by atoms with Crippen LogP contribution in [0.25, 0.3) is 5.69 Å². The summed E-state index contributed by atoms with van der Waals surface area (Å²) in [5, 5.41) is 8.19. The Labute approximate surface area is 140 Å². The molecule has 2 amide bonds. The molecule has 1 fully saturated rings. The van der Waals surface area contributed by atoms with Crippen LogP contribution < -0.4 is 5.73 Å². The van der Waals surface area contributed by atoms with E-state index in [9.17, 15) is 9.59 Å². The molecule has 7 nitrogen and oxygen atoms in total. The minimum Gasteiger partial charge on any atom is -0.369 e. The van der Waals surface area contributed by atoms with Gasteiger partial charge in [-0.3, -0.25) is 9.59 Å². The predicted molar refractivity (Wildman–Crippen MR) is 88.5 cm³/mol. The van der Waals surface area contributed by atoms with Gasteiger partial charge >= 0.3 is 0 Å². The lowest BCUT2D eigenvalue weighted by Crippen LogP contribution is -2.48. The number of hydrogen-bond donors (Lipinski definition) is 1. The van der Waals surface area contributed by atoms with Crippen molar-refractivity contribution >= 4 is 11.8 Å². The molecule has 1 aliphatic rings. The molecule has 0 bridgehead atoms. The van der Waals surface area contributed by atoms with E-state index in [2.05, 4.69) is 10.3 Å². The number of hydrogen-bond acceptors (Lipinski definition) is 4. The second-order valence-corrected chi connectivity index (χ2v) is 6.25. The van der Waals surface area contributed by atoms with Gasteiger partial charge in [0.15, 0.2) is 5.69 Å². The molecule has 1 aliphatic heterocycles. The maximum Gasteiger partial charge on any atom is 0.276 e. The summed E-state index contributed by atoms with van der Waals surface area (Å²) in [6.45, 7) is 4.14. The van der Waals surface area contributed by atoms with Gasteiger partial charge in [0.25, 0.3) is 5.91 Å². The molecule has 1 saturated heterocycles. The Bertz CT molecular complexity index is 756. The first-order valence-electron chi connectivity index (χ1n) is 8.07. The fourth-order valence-corrected chi connectivity index (χ4v) is 3.10. The molecule has 0 saturated carbocycles. The average molecular weight is 327 g/mol. The zero-order valence-corrected chi connectivity index (χ0v) is 13.8. The van der Waals surface area contributed by atoms with Gasteiger partial charge in [-0.15, -0.1) is 5.10 Å². The van der Waals surface area contributed by atoms with Gasteiger partial charge in [-0.25, -0.2) is 4.68 Å². The molecule has 2 unspecified atom stereocenters. The quantitative estimate of drug-likeness (QED) is 0.919. The SMILES string of the molecule is Cc1c(C(=O)N2CC(C(N)=O)CCC2C)nnn1-c1ccccc1. The first-order valence-corrected chi connectivity index (χ1v) is 8.07. The number of rotatable bonds is 3. The number of piperidine rings is 1. The number of nitrogens with two attached hydrogens (primary N) is 1. The lowest BCUT2D eigenvalue weighted by Gasteiger charge is -2.36. The summed E-state index contributed by atoms with van der Waals surface area (Å²) in [5.74, 6) is -0.855. The van der Waals surface area contributed by atoms with E-state index in [1.54, 1.807) is 9.58 Å². The third-order valence-corrected chi connectivity index (χ3v) is 4.64. The van der Waals surface area contributed by atoms with Crippen molar-refractivity contribution in [2.24, 2.45) is 11.7 Å². The van der Waals surface area contributed by atoms with Crippen LogP contribution in [0.5, 0.6) is 0 Å². The minimum atomic E-state index is -0.357. The molecule has 1 aromatic carbocycles. The number of aromatic nitrogens is 3. The fourth-order valence-electron chi connectivity index (χ4n) is 3.10. The second-order valence-electron chi connectivity index (χ2n) is 6.25. The van der Waals surface area contributed by atoms with Gasteiger partial charge in [-0.1, -0.05) is 23.4 Å². The summed E-state index contributed by atoms with van der Waals surface area (Å²) < 4.78 is 1.65. The van der Waals surface area contributed by atoms with Gasteiger partial charge < -0.3 is 10.6 Å². The molecule has 2 N–H and O–H groups in total. The van der Waals surface area contributed by atoms with E-state index in [1.165, 1.54) is 0 Å². The number of likely N-dealkylation sites (tertiary alicyclic amines) is 1. The number of primary amides is 1. The zero-order valence-electron chi connectivity index (χ0n) is 13.8. The highest BCUT2D eigenvalue weighted by molar-refractivity contribution is 5.94. The Balaban J connectivity index is 1.87. The molecule has 7 heteroatoms. The maximum atomic E-state index is 12.9. The highest BCUT2D eigenvalue weighted by Crippen LogP contribution is 2.24. The predicted octanol–water partition coefficient (Wildman–Crippen LogP) is 1.30. The molecule has 0 spiro atoms. The number of carbonyl (C=O) groups is 2. The van der Waals surface area contributed by atoms with Crippen molar-refractivity contribution in [1.82, 2.24) is 19.9 Å². The fraction of sp³-hybridized carbons (Fsp3) is 0.412. The Morgan fingerprint density at radius 1 is 1.21 bits per heavy atom. The summed E-state index contributed by atoms with van der Waals surface area (Å²) in [5.41, 5.74) is 7.26. The Hall–Kier alpha value is -2.70. The molecule has 2 heterocycles. The monoisotopic (exact) mass is 327 g/mol. The Kier molecular flexibility index (Phi) is 4.33. The van der Waals surface area contributed by atoms with E-state index in [-0.39, 0.29) is 23.8 Å². The van der Waals surface area contributed by atoms with Gasteiger partial charge in [0, 0.05) is 12.6 Å². The van der Waals surface area contributed by atoms with Crippen LogP contribution in [0, 0.1) is 12.8 Å². The minimum absolute atomic E-state index is 0.0503. The van der Waals surface area contributed by atoms with Gasteiger partial charge in [0.05, 0.1) is 17.3 Å². The zero-order chi connectivity index (χ0) is 17.3. The maximum absolute atomic E-state index is 12.9. The van der Waals surface area contributed by atoms with E-state index in [0.717, 1.165) is 18.5 Å². The Morgan fingerprint density at radius 3 is 2.58 bits per heavy atom. The summed E-state index contributed by atoms with van der Waals surface area (Å²) >= 11 is 0. The standard InChI is InChI=1S/C17H21N5O2/c1-11-8-9-13(16(18)23)10-21(11)17(24)15-12(2)22(20-19-15)14-6-4-3-5-7-14/h3-7,11,13H,8-10H2,1-2H3,(H2,18,23). The van der Waals surface area contributed by atoms with Crippen molar-refractivity contribution in [2.45, 2.75) is 32.7 Å². The van der Waals surface area contributed by atoms with Crippen LogP contribution in [-0.4, -0.2) is 44.3 Å². The first-order chi connectivity index (χ1) is 11.5. The molecule has 1 aromatic heterocycles. The van der Waals surface area contributed by atoms with Crippen molar-refractivity contribution < 1.29 is 9.59 Å². The lowest BCUT2D eigenvalue weighted by atomic mass is 9.92. The van der Waals surface area contributed by atoms with Crippen molar-refractivity contribution in [3.05, 3.63) is 41.7 Å². The molecule has 2 atom stereocenters. The van der Waals surface area contributed by atoms with Gasteiger partial charge in [-0.2, -0.15) is 0 Å². The average Bonchev–Trinajstić information content (AvgIpc) is 2.97. The number of para-hydroxylation sites is 1. The van der Waals surface area contributed by atoms with Crippen LogP contribution >= 0.6 is 0 Å². The first kappa shape index (κ1) is 16.2. The molecular weight excluding hydrogens is 306 g/mol. The van der Waals surface area contributed by atoms with Crippen LogP contribution in [0.3, 0.4) is 0 Å². The Morgan fingerprint density at radius 2 is 1.92 bits per heavy atom. The summed E-state index contributed by atoms with van der Waals surface area (Å²) in [7, 11) is 0. The lowest BCUT2D eigenvalue weighted by molar-refractivity contribution is -0.123. The van der Waals surface area contributed by atoms with E-state index >= 15 is 0 Å². The van der Waals surface area contributed by atoms with E-state index in [0.29, 0.717) is 17.9 Å². The smallest absolute Gasteiger partial charge is 0.276 e. The number of nitrogens with zero attached hydrogens (tertiary/aromatic N) is 4. The van der Waals surface area contributed by atoms with Gasteiger partial charge in [0.2, 0.25) is 5.91 Å². The van der Waals surface area contributed by atoms with Crippen LogP contribution in [-0.2, 0) is 4.79 Å². The number of amides is 2. The molecule has 126 valence electrons. The molecule has 0 aliphatic carbocycles. The van der Waals surface area contributed by atoms with Crippen molar-refractivity contribution in [3.63, 3.8) is 0 Å². The summed E-state index contributed by atoms with van der Waals surface area (Å²) in [6, 6.07) is 9.59.